The summed E-state index contributed by atoms with van der Waals surface area (Å²) >= 11 is 5.57. The molecule has 1 aromatic heterocycles. The molecule has 2 aromatic carbocycles. The molecule has 0 fully saturated rings. The first kappa shape index (κ1) is 19.0. The summed E-state index contributed by atoms with van der Waals surface area (Å²) in [7, 11) is 0. The number of amides is 1. The van der Waals surface area contributed by atoms with E-state index in [0.29, 0.717) is 17.3 Å². The van der Waals surface area contributed by atoms with E-state index in [-0.39, 0.29) is 12.1 Å². The summed E-state index contributed by atoms with van der Waals surface area (Å²) in [5.74, 6) is 0.333. The van der Waals surface area contributed by atoms with Gasteiger partial charge in [0.25, 0.3) is 0 Å². The molecule has 4 nitrogen and oxygen atoms in total. The van der Waals surface area contributed by atoms with Crippen molar-refractivity contribution >= 4 is 23.2 Å². The van der Waals surface area contributed by atoms with Gasteiger partial charge in [0, 0.05) is 11.3 Å². The van der Waals surface area contributed by atoms with Crippen LogP contribution in [-0.4, -0.2) is 10.9 Å². The van der Waals surface area contributed by atoms with E-state index in [2.05, 4.69) is 10.3 Å². The molecule has 0 radical (unpaired) electrons. The lowest BCUT2D eigenvalue weighted by atomic mass is 10.2. The van der Waals surface area contributed by atoms with Crippen molar-refractivity contribution in [2.24, 2.45) is 0 Å². The topological polar surface area (TPSA) is 55.1 Å². The Hall–Kier alpha value is -2.80. The lowest BCUT2D eigenvalue weighted by Gasteiger charge is -2.11. The van der Waals surface area contributed by atoms with Gasteiger partial charge in [-0.15, -0.1) is 0 Å². The fraction of sp³-hybridized carbons (Fsp3) is 0.158. The summed E-state index contributed by atoms with van der Waals surface area (Å²) in [6, 6.07) is 12.4. The number of carbonyl (C=O) groups is 1. The number of nitrogens with one attached hydrogen (secondary N) is 1. The fourth-order valence-electron chi connectivity index (χ4n) is 2.47. The van der Waals surface area contributed by atoms with Crippen LogP contribution in [0.3, 0.4) is 0 Å². The maximum absolute atomic E-state index is 12.9. The number of aryl methyl sites for hydroxylation is 1. The zero-order valence-corrected chi connectivity index (χ0v) is 14.9. The first-order valence-electron chi connectivity index (χ1n) is 7.92. The third-order valence-electron chi connectivity index (χ3n) is 3.80. The van der Waals surface area contributed by atoms with Crippen LogP contribution in [0.4, 0.5) is 18.9 Å². The van der Waals surface area contributed by atoms with Crippen molar-refractivity contribution in [2.45, 2.75) is 19.5 Å². The number of oxazole rings is 1. The van der Waals surface area contributed by atoms with Crippen LogP contribution < -0.4 is 5.32 Å². The SMILES string of the molecule is Cc1oc(-c2ccccc2)nc1CC(=O)Nc1ccc(Cl)c(C(F)(F)F)c1. The molecule has 140 valence electrons. The van der Waals surface area contributed by atoms with Gasteiger partial charge in [0.15, 0.2) is 0 Å². The smallest absolute Gasteiger partial charge is 0.417 e. The van der Waals surface area contributed by atoms with Crippen LogP contribution in [0.2, 0.25) is 5.02 Å². The number of anilines is 1. The number of hydrogen-bond donors (Lipinski definition) is 1. The minimum atomic E-state index is -4.61. The van der Waals surface area contributed by atoms with E-state index in [0.717, 1.165) is 17.7 Å². The van der Waals surface area contributed by atoms with Crippen molar-refractivity contribution < 1.29 is 22.4 Å². The quantitative estimate of drug-likeness (QED) is 0.635. The molecular weight excluding hydrogens is 381 g/mol. The Labute approximate surface area is 158 Å². The highest BCUT2D eigenvalue weighted by Gasteiger charge is 2.33. The van der Waals surface area contributed by atoms with Crippen molar-refractivity contribution in [3.05, 3.63) is 70.6 Å². The maximum atomic E-state index is 12.9. The number of nitrogens with zero attached hydrogens (tertiary/aromatic N) is 1. The Morgan fingerprint density at radius 2 is 1.89 bits per heavy atom. The van der Waals surface area contributed by atoms with E-state index in [1.165, 1.54) is 6.07 Å². The number of halogens is 4. The van der Waals surface area contributed by atoms with Crippen molar-refractivity contribution in [3.8, 4) is 11.5 Å². The Bertz CT molecular complexity index is 969. The number of benzene rings is 2. The Kier molecular flexibility index (Phi) is 5.23. The van der Waals surface area contributed by atoms with Gasteiger partial charge >= 0.3 is 6.18 Å². The molecule has 0 saturated carbocycles. The normalized spacial score (nSPS) is 11.4. The molecule has 3 rings (SSSR count). The third kappa shape index (κ3) is 4.49. The molecule has 8 heteroatoms. The molecule has 0 atom stereocenters. The van der Waals surface area contributed by atoms with E-state index < -0.39 is 22.7 Å². The van der Waals surface area contributed by atoms with Gasteiger partial charge in [0.05, 0.1) is 22.7 Å². The molecule has 0 aliphatic carbocycles. The van der Waals surface area contributed by atoms with Gasteiger partial charge in [0.2, 0.25) is 11.8 Å². The highest BCUT2D eigenvalue weighted by molar-refractivity contribution is 6.31. The Balaban J connectivity index is 1.75. The lowest BCUT2D eigenvalue weighted by molar-refractivity contribution is -0.137. The van der Waals surface area contributed by atoms with E-state index in [9.17, 15) is 18.0 Å². The summed E-state index contributed by atoms with van der Waals surface area (Å²) in [6.45, 7) is 1.67. The highest BCUT2D eigenvalue weighted by atomic mass is 35.5. The predicted molar refractivity (Wildman–Crippen MR) is 95.5 cm³/mol. The summed E-state index contributed by atoms with van der Waals surface area (Å²) in [5, 5.41) is 2.00. The third-order valence-corrected chi connectivity index (χ3v) is 4.13. The van der Waals surface area contributed by atoms with Gasteiger partial charge < -0.3 is 9.73 Å². The lowest BCUT2D eigenvalue weighted by Crippen LogP contribution is -2.16. The van der Waals surface area contributed by atoms with Crippen molar-refractivity contribution in [2.75, 3.05) is 5.32 Å². The van der Waals surface area contributed by atoms with E-state index in [1.807, 2.05) is 30.3 Å². The van der Waals surface area contributed by atoms with Crippen LogP contribution >= 0.6 is 11.6 Å². The monoisotopic (exact) mass is 394 g/mol. The number of hydrogen-bond acceptors (Lipinski definition) is 3. The van der Waals surface area contributed by atoms with Gasteiger partial charge in [-0.25, -0.2) is 4.98 Å². The molecule has 0 spiro atoms. The molecule has 0 unspecified atom stereocenters. The molecule has 1 heterocycles. The number of aromatic nitrogens is 1. The summed E-state index contributed by atoms with van der Waals surface area (Å²) in [5.41, 5.74) is 0.170. The second-order valence-corrected chi connectivity index (χ2v) is 6.21. The van der Waals surface area contributed by atoms with Gasteiger partial charge in [-0.3, -0.25) is 4.79 Å². The molecule has 27 heavy (non-hydrogen) atoms. The molecule has 0 aliphatic heterocycles. The number of rotatable bonds is 4. The second kappa shape index (κ2) is 7.44. The summed E-state index contributed by atoms with van der Waals surface area (Å²) in [4.78, 5) is 16.5. The molecule has 0 saturated heterocycles. The summed E-state index contributed by atoms with van der Waals surface area (Å²) in [6.07, 6.45) is -4.74. The fourth-order valence-corrected chi connectivity index (χ4v) is 2.70. The molecule has 0 aliphatic rings. The molecular formula is C19H14ClF3N2O2. The van der Waals surface area contributed by atoms with Crippen LogP contribution in [0, 0.1) is 6.92 Å². The molecule has 1 N–H and O–H groups in total. The second-order valence-electron chi connectivity index (χ2n) is 5.81. The van der Waals surface area contributed by atoms with E-state index >= 15 is 0 Å². The van der Waals surface area contributed by atoms with Gasteiger partial charge in [-0.05, 0) is 37.3 Å². The van der Waals surface area contributed by atoms with Gasteiger partial charge in [-0.1, -0.05) is 29.8 Å². The number of alkyl halides is 3. The molecule has 0 bridgehead atoms. The van der Waals surface area contributed by atoms with Crippen LogP contribution in [0.5, 0.6) is 0 Å². The largest absolute Gasteiger partial charge is 0.441 e. The maximum Gasteiger partial charge on any atom is 0.417 e. The zero-order chi connectivity index (χ0) is 19.6. The Morgan fingerprint density at radius 1 is 1.19 bits per heavy atom. The molecule has 1 amide bonds. The van der Waals surface area contributed by atoms with E-state index in [1.54, 1.807) is 6.92 Å². The average Bonchev–Trinajstić information content (AvgIpc) is 2.97. The van der Waals surface area contributed by atoms with E-state index in [4.69, 9.17) is 16.0 Å². The first-order valence-corrected chi connectivity index (χ1v) is 8.30. The van der Waals surface area contributed by atoms with Crippen molar-refractivity contribution in [1.29, 1.82) is 0 Å². The zero-order valence-electron chi connectivity index (χ0n) is 14.1. The highest BCUT2D eigenvalue weighted by Crippen LogP contribution is 2.36. The standard InChI is InChI=1S/C19H14ClF3N2O2/c1-11-16(25-18(27-11)12-5-3-2-4-6-12)10-17(26)24-13-7-8-15(20)14(9-13)19(21,22)23/h2-9H,10H2,1H3,(H,24,26). The van der Waals surface area contributed by atoms with Crippen molar-refractivity contribution in [3.63, 3.8) is 0 Å². The average molecular weight is 395 g/mol. The number of carbonyl (C=O) groups excluding carboxylic acids is 1. The minimum absolute atomic E-state index is 0.00107. The predicted octanol–water partition coefficient (Wildman–Crippen LogP) is 5.50. The van der Waals surface area contributed by atoms with Crippen LogP contribution in [0.15, 0.2) is 52.9 Å². The summed E-state index contributed by atoms with van der Waals surface area (Å²) < 4.78 is 44.3. The van der Waals surface area contributed by atoms with Gasteiger partial charge in [-0.2, -0.15) is 13.2 Å². The van der Waals surface area contributed by atoms with Crippen LogP contribution in [-0.2, 0) is 17.4 Å². The van der Waals surface area contributed by atoms with Crippen LogP contribution in [0.1, 0.15) is 17.0 Å². The Morgan fingerprint density at radius 3 is 2.56 bits per heavy atom. The first-order chi connectivity index (χ1) is 12.7. The van der Waals surface area contributed by atoms with Gasteiger partial charge in [0.1, 0.15) is 5.76 Å². The van der Waals surface area contributed by atoms with Crippen molar-refractivity contribution in [1.82, 2.24) is 4.98 Å². The molecule has 3 aromatic rings. The minimum Gasteiger partial charge on any atom is -0.441 e. The van der Waals surface area contributed by atoms with Crippen LogP contribution in [0.25, 0.3) is 11.5 Å².